The molecule has 1 aromatic heterocycles. The third-order valence-corrected chi connectivity index (χ3v) is 2.80. The van der Waals surface area contributed by atoms with Crippen LogP contribution in [-0.2, 0) is 7.05 Å². The number of carboxylic acids is 1. The number of aromatic carboxylic acids is 1. The van der Waals surface area contributed by atoms with Crippen LogP contribution in [0.3, 0.4) is 0 Å². The molecule has 0 spiro atoms. The zero-order valence-corrected chi connectivity index (χ0v) is 10.4. The van der Waals surface area contributed by atoms with E-state index in [4.69, 9.17) is 5.11 Å². The molecule has 0 unspecified atom stereocenters. The molecule has 0 saturated heterocycles. The van der Waals surface area contributed by atoms with Gasteiger partial charge >= 0.3 is 12.3 Å². The van der Waals surface area contributed by atoms with Crippen molar-refractivity contribution in [2.75, 3.05) is 0 Å². The van der Waals surface area contributed by atoms with E-state index in [0.29, 0.717) is 0 Å². The molecule has 2 N–H and O–H groups in total. The van der Waals surface area contributed by atoms with Gasteiger partial charge in [0.15, 0.2) is 5.56 Å². The second kappa shape index (κ2) is 4.69. The summed E-state index contributed by atoms with van der Waals surface area (Å²) >= 11 is 0. The molecule has 0 fully saturated rings. The number of alkyl halides is 3. The van der Waals surface area contributed by atoms with E-state index in [1.165, 1.54) is 19.2 Å². The highest BCUT2D eigenvalue weighted by Crippen LogP contribution is 2.36. The van der Waals surface area contributed by atoms with Crippen LogP contribution < -0.4 is 10.3 Å². The number of carbonyl (C=O) groups is 1. The number of nitrogens with zero attached hydrogens (tertiary/aromatic N) is 1. The molecule has 2 rings (SSSR count). The lowest BCUT2D eigenvalue weighted by molar-refractivity contribution is -0.274. The molecule has 0 aliphatic rings. The summed E-state index contributed by atoms with van der Waals surface area (Å²) in [5.41, 5.74) is -2.16. The molecule has 0 aliphatic heterocycles. The minimum absolute atomic E-state index is 0.0933. The maximum atomic E-state index is 12.4. The topological polar surface area (TPSA) is 88.8 Å². The number of halogens is 3. The van der Waals surface area contributed by atoms with E-state index in [1.54, 1.807) is 0 Å². The van der Waals surface area contributed by atoms with Gasteiger partial charge in [-0.05, 0) is 12.1 Å². The summed E-state index contributed by atoms with van der Waals surface area (Å²) < 4.78 is 41.6. The van der Waals surface area contributed by atoms with Gasteiger partial charge in [-0.1, -0.05) is 6.07 Å². The van der Waals surface area contributed by atoms with Gasteiger partial charge in [0.1, 0.15) is 11.5 Å². The Morgan fingerprint density at radius 1 is 1.33 bits per heavy atom. The Balaban J connectivity index is 2.93. The van der Waals surface area contributed by atoms with E-state index in [9.17, 15) is 27.9 Å². The van der Waals surface area contributed by atoms with Crippen molar-refractivity contribution in [1.82, 2.24) is 4.57 Å². The maximum absolute atomic E-state index is 12.4. The first kappa shape index (κ1) is 14.7. The van der Waals surface area contributed by atoms with E-state index in [-0.39, 0.29) is 5.52 Å². The molecule has 0 atom stereocenters. The van der Waals surface area contributed by atoms with Crippen LogP contribution in [-0.4, -0.2) is 27.1 Å². The molecule has 6 nitrogen and oxygen atoms in total. The third kappa shape index (κ3) is 2.49. The molecule has 0 amide bonds. The van der Waals surface area contributed by atoms with Gasteiger partial charge < -0.3 is 19.5 Å². The minimum Gasteiger partial charge on any atom is -0.506 e. The van der Waals surface area contributed by atoms with Crippen molar-refractivity contribution in [2.24, 2.45) is 7.05 Å². The maximum Gasteiger partial charge on any atom is 0.573 e. The lowest BCUT2D eigenvalue weighted by atomic mass is 10.1. The van der Waals surface area contributed by atoms with Crippen LogP contribution in [0.15, 0.2) is 23.0 Å². The number of pyridine rings is 1. The van der Waals surface area contributed by atoms with Gasteiger partial charge in [0, 0.05) is 7.05 Å². The fourth-order valence-electron chi connectivity index (χ4n) is 1.94. The molecule has 112 valence electrons. The Kier molecular flexibility index (Phi) is 3.28. The van der Waals surface area contributed by atoms with E-state index in [1.807, 2.05) is 0 Å². The highest BCUT2D eigenvalue weighted by molar-refractivity contribution is 6.01. The van der Waals surface area contributed by atoms with Gasteiger partial charge in [-0.2, -0.15) is 0 Å². The summed E-state index contributed by atoms with van der Waals surface area (Å²) in [6, 6.07) is 3.35. The normalized spacial score (nSPS) is 11.6. The molecular formula is C12H8F3NO5. The number of ether oxygens (including phenoxy) is 1. The van der Waals surface area contributed by atoms with E-state index in [0.717, 1.165) is 10.6 Å². The van der Waals surface area contributed by atoms with Crippen molar-refractivity contribution in [3.05, 3.63) is 34.1 Å². The number of hydrogen-bond donors (Lipinski definition) is 2. The Morgan fingerprint density at radius 2 is 1.95 bits per heavy atom. The van der Waals surface area contributed by atoms with E-state index in [2.05, 4.69) is 4.74 Å². The monoisotopic (exact) mass is 303 g/mol. The van der Waals surface area contributed by atoms with Crippen molar-refractivity contribution in [3.63, 3.8) is 0 Å². The van der Waals surface area contributed by atoms with Crippen LogP contribution in [0.2, 0.25) is 0 Å². The molecule has 0 radical (unpaired) electrons. The molecule has 1 heterocycles. The first-order valence-corrected chi connectivity index (χ1v) is 5.47. The second-order valence-corrected chi connectivity index (χ2v) is 4.09. The fourth-order valence-corrected chi connectivity index (χ4v) is 1.94. The molecule has 2 aromatic rings. The Bertz CT molecular complexity index is 794. The number of rotatable bonds is 2. The Labute approximate surface area is 114 Å². The predicted molar refractivity (Wildman–Crippen MR) is 64.5 cm³/mol. The summed E-state index contributed by atoms with van der Waals surface area (Å²) in [6.07, 6.45) is -5.03. The first-order chi connectivity index (χ1) is 9.63. The molecule has 1 aromatic carbocycles. The van der Waals surface area contributed by atoms with Crippen LogP contribution >= 0.6 is 0 Å². The van der Waals surface area contributed by atoms with Gasteiger partial charge in [-0.15, -0.1) is 13.2 Å². The largest absolute Gasteiger partial charge is 0.573 e. The smallest absolute Gasteiger partial charge is 0.506 e. The van der Waals surface area contributed by atoms with Crippen LogP contribution in [0.4, 0.5) is 13.2 Å². The predicted octanol–water partition coefficient (Wildman–Crippen LogP) is 1.84. The first-order valence-electron chi connectivity index (χ1n) is 5.47. The molecule has 21 heavy (non-hydrogen) atoms. The standard InChI is InChI=1S/C12H8F3NO5/c1-16-5-3-2-4-6(21-12(13,14)15)7(5)9(17)8(10(16)18)11(19)20/h2-4,17H,1H3,(H,19,20). The minimum atomic E-state index is -5.03. The van der Waals surface area contributed by atoms with Gasteiger partial charge in [-0.25, -0.2) is 4.79 Å². The molecular weight excluding hydrogens is 295 g/mol. The summed E-state index contributed by atoms with van der Waals surface area (Å²) in [6.45, 7) is 0. The number of aromatic nitrogens is 1. The average molecular weight is 303 g/mol. The zero-order chi connectivity index (χ0) is 15.9. The summed E-state index contributed by atoms with van der Waals surface area (Å²) in [4.78, 5) is 22.8. The van der Waals surface area contributed by atoms with E-state index < -0.39 is 40.3 Å². The number of aryl methyl sites for hydroxylation is 1. The molecule has 0 bridgehead atoms. The van der Waals surface area contributed by atoms with Gasteiger partial charge in [-0.3, -0.25) is 4.79 Å². The highest BCUT2D eigenvalue weighted by Gasteiger charge is 2.33. The molecule has 0 aliphatic carbocycles. The van der Waals surface area contributed by atoms with Gasteiger partial charge in [0.25, 0.3) is 5.56 Å². The van der Waals surface area contributed by atoms with Crippen molar-refractivity contribution in [1.29, 1.82) is 0 Å². The van der Waals surface area contributed by atoms with Gasteiger partial charge in [0.05, 0.1) is 10.9 Å². The lowest BCUT2D eigenvalue weighted by Gasteiger charge is -2.15. The number of benzene rings is 1. The van der Waals surface area contributed by atoms with Crippen molar-refractivity contribution in [2.45, 2.75) is 6.36 Å². The Morgan fingerprint density at radius 3 is 2.48 bits per heavy atom. The van der Waals surface area contributed by atoms with E-state index >= 15 is 0 Å². The van der Waals surface area contributed by atoms with Crippen LogP contribution in [0.5, 0.6) is 11.5 Å². The van der Waals surface area contributed by atoms with Crippen LogP contribution in [0, 0.1) is 0 Å². The number of aromatic hydroxyl groups is 1. The van der Waals surface area contributed by atoms with Crippen LogP contribution in [0.1, 0.15) is 10.4 Å². The lowest BCUT2D eigenvalue weighted by Crippen LogP contribution is -2.25. The van der Waals surface area contributed by atoms with Crippen LogP contribution in [0.25, 0.3) is 10.9 Å². The molecule has 9 heteroatoms. The summed E-state index contributed by atoms with van der Waals surface area (Å²) in [5, 5.41) is 18.3. The number of carboxylic acid groups (broad SMARTS) is 1. The highest BCUT2D eigenvalue weighted by atomic mass is 19.4. The van der Waals surface area contributed by atoms with Gasteiger partial charge in [0.2, 0.25) is 0 Å². The van der Waals surface area contributed by atoms with Crippen molar-refractivity contribution >= 4 is 16.9 Å². The third-order valence-electron chi connectivity index (χ3n) is 2.80. The fraction of sp³-hybridized carbons (Fsp3) is 0.167. The van der Waals surface area contributed by atoms with Crippen molar-refractivity contribution in [3.8, 4) is 11.5 Å². The summed E-state index contributed by atoms with van der Waals surface area (Å²) in [7, 11) is 1.17. The number of fused-ring (bicyclic) bond motifs is 1. The Hall–Kier alpha value is -2.71. The summed E-state index contributed by atoms with van der Waals surface area (Å²) in [5.74, 6) is -3.62. The number of hydrogen-bond acceptors (Lipinski definition) is 4. The average Bonchev–Trinajstić information content (AvgIpc) is 2.33. The molecule has 0 saturated carbocycles. The van der Waals surface area contributed by atoms with Crippen molar-refractivity contribution < 1.29 is 32.9 Å². The quantitative estimate of drug-likeness (QED) is 0.883. The second-order valence-electron chi connectivity index (χ2n) is 4.09. The zero-order valence-electron chi connectivity index (χ0n) is 10.4. The SMILES string of the molecule is Cn1c(=O)c(C(=O)O)c(O)c2c(OC(F)(F)F)cccc21.